The minimum Gasteiger partial charge on any atom is -0.497 e. The Balaban J connectivity index is 1.91. The quantitative estimate of drug-likeness (QED) is 0.556. The normalized spacial score (nSPS) is 27.0. The van der Waals surface area contributed by atoms with E-state index in [9.17, 15) is 4.79 Å². The van der Waals surface area contributed by atoms with Crippen LogP contribution in [0.1, 0.15) is 51.6 Å². The lowest BCUT2D eigenvalue weighted by Crippen LogP contribution is -2.45. The van der Waals surface area contributed by atoms with E-state index in [0.29, 0.717) is 39.7 Å². The van der Waals surface area contributed by atoms with Crippen LogP contribution in [0.15, 0.2) is 29.5 Å². The van der Waals surface area contributed by atoms with E-state index in [-0.39, 0.29) is 12.1 Å². The van der Waals surface area contributed by atoms with Crippen molar-refractivity contribution in [3.63, 3.8) is 0 Å². The third kappa shape index (κ3) is 4.66. The summed E-state index contributed by atoms with van der Waals surface area (Å²) in [7, 11) is 3.21. The predicted octanol–water partition coefficient (Wildman–Crippen LogP) is 3.86. The molecule has 1 aliphatic carbocycles. The maximum Gasteiger partial charge on any atom is 0.338 e. The van der Waals surface area contributed by atoms with Gasteiger partial charge in [-0.1, -0.05) is 13.8 Å². The number of carbonyl (C=O) groups is 1. The van der Waals surface area contributed by atoms with Crippen molar-refractivity contribution in [2.24, 2.45) is 11.8 Å². The molecule has 3 rings (SSSR count). The molecule has 0 radical (unpaired) electrons. The lowest BCUT2D eigenvalue weighted by Gasteiger charge is -2.34. The Morgan fingerprint density at radius 3 is 2.55 bits per heavy atom. The van der Waals surface area contributed by atoms with E-state index < -0.39 is 6.04 Å². The molecule has 1 heterocycles. The summed E-state index contributed by atoms with van der Waals surface area (Å²) in [5.41, 5.74) is 1.97. The SMILES string of the molecule is COc1ccc(OC)c([C@@H]2NC(=S)NC(C)=C2C(=O)O[C@@H]2CC[C@@H](C)[C@H](C)C2)c1. The molecule has 1 saturated carbocycles. The summed E-state index contributed by atoms with van der Waals surface area (Å²) in [6, 6.07) is 5.01. The van der Waals surface area contributed by atoms with Gasteiger partial charge in [0.1, 0.15) is 17.6 Å². The molecule has 1 aromatic rings. The number of thiocarbonyl (C=S) groups is 1. The van der Waals surface area contributed by atoms with E-state index in [1.165, 1.54) is 0 Å². The topological polar surface area (TPSA) is 68.8 Å². The zero-order valence-electron chi connectivity index (χ0n) is 17.7. The van der Waals surface area contributed by atoms with Crippen molar-refractivity contribution in [1.29, 1.82) is 0 Å². The number of benzene rings is 1. The molecule has 1 aliphatic heterocycles. The van der Waals surface area contributed by atoms with Crippen LogP contribution >= 0.6 is 12.2 Å². The van der Waals surface area contributed by atoms with Crippen molar-refractivity contribution in [2.75, 3.05) is 14.2 Å². The Morgan fingerprint density at radius 1 is 1.14 bits per heavy atom. The predicted molar refractivity (Wildman–Crippen MR) is 116 cm³/mol. The van der Waals surface area contributed by atoms with Crippen molar-refractivity contribution in [1.82, 2.24) is 10.6 Å². The largest absolute Gasteiger partial charge is 0.497 e. The summed E-state index contributed by atoms with van der Waals surface area (Å²) in [5.74, 6) is 2.20. The van der Waals surface area contributed by atoms with Crippen LogP contribution in [0.2, 0.25) is 0 Å². The molecule has 1 fully saturated rings. The number of allylic oxidation sites excluding steroid dienone is 1. The molecule has 0 amide bonds. The average molecular weight is 419 g/mol. The molecule has 2 aliphatic rings. The van der Waals surface area contributed by atoms with E-state index in [2.05, 4.69) is 24.5 Å². The first-order valence-electron chi connectivity index (χ1n) is 10.0. The molecule has 2 N–H and O–H groups in total. The molecular weight excluding hydrogens is 388 g/mol. The van der Waals surface area contributed by atoms with E-state index in [4.69, 9.17) is 26.4 Å². The van der Waals surface area contributed by atoms with Crippen LogP contribution in [0.4, 0.5) is 0 Å². The van der Waals surface area contributed by atoms with Crippen molar-refractivity contribution in [2.45, 2.75) is 52.2 Å². The van der Waals surface area contributed by atoms with Crippen LogP contribution in [-0.2, 0) is 9.53 Å². The second-order valence-corrected chi connectivity index (χ2v) is 8.38. The average Bonchev–Trinajstić information content (AvgIpc) is 2.69. The lowest BCUT2D eigenvalue weighted by molar-refractivity contribution is -0.147. The highest BCUT2D eigenvalue weighted by atomic mass is 32.1. The Bertz CT molecular complexity index is 823. The number of methoxy groups -OCH3 is 2. The molecule has 0 aromatic heterocycles. The molecule has 0 spiro atoms. The molecule has 7 heteroatoms. The van der Waals surface area contributed by atoms with Crippen LogP contribution in [0, 0.1) is 11.8 Å². The highest BCUT2D eigenvalue weighted by Gasteiger charge is 2.35. The van der Waals surface area contributed by atoms with Gasteiger partial charge in [-0.2, -0.15) is 0 Å². The first-order valence-corrected chi connectivity index (χ1v) is 10.5. The lowest BCUT2D eigenvalue weighted by atomic mass is 9.80. The van der Waals surface area contributed by atoms with Gasteiger partial charge in [-0.05, 0) is 68.4 Å². The Morgan fingerprint density at radius 2 is 1.90 bits per heavy atom. The highest BCUT2D eigenvalue weighted by molar-refractivity contribution is 7.80. The summed E-state index contributed by atoms with van der Waals surface area (Å²) >= 11 is 5.35. The molecule has 0 saturated heterocycles. The Labute approximate surface area is 178 Å². The van der Waals surface area contributed by atoms with Gasteiger partial charge in [0.2, 0.25) is 0 Å². The van der Waals surface area contributed by atoms with Gasteiger partial charge in [-0.3, -0.25) is 0 Å². The Hall–Kier alpha value is -2.28. The van der Waals surface area contributed by atoms with Crippen molar-refractivity contribution >= 4 is 23.3 Å². The number of nitrogens with one attached hydrogen (secondary N) is 2. The zero-order valence-corrected chi connectivity index (χ0v) is 18.5. The van der Waals surface area contributed by atoms with E-state index in [1.54, 1.807) is 14.2 Å². The first-order chi connectivity index (χ1) is 13.8. The fourth-order valence-corrected chi connectivity index (χ4v) is 4.35. The maximum absolute atomic E-state index is 13.2. The Kier molecular flexibility index (Phi) is 6.67. The zero-order chi connectivity index (χ0) is 21.1. The summed E-state index contributed by atoms with van der Waals surface area (Å²) < 4.78 is 16.9. The van der Waals surface area contributed by atoms with Gasteiger partial charge >= 0.3 is 5.97 Å². The molecule has 29 heavy (non-hydrogen) atoms. The summed E-state index contributed by atoms with van der Waals surface area (Å²) in [4.78, 5) is 13.2. The van der Waals surface area contributed by atoms with Crippen LogP contribution in [0.5, 0.6) is 11.5 Å². The number of ether oxygens (including phenoxy) is 3. The number of hydrogen-bond acceptors (Lipinski definition) is 5. The first kappa shape index (κ1) is 21.4. The number of carbonyl (C=O) groups excluding carboxylic acids is 1. The van der Waals surface area contributed by atoms with E-state index in [1.807, 2.05) is 25.1 Å². The van der Waals surface area contributed by atoms with Gasteiger partial charge in [-0.15, -0.1) is 0 Å². The fourth-order valence-electron chi connectivity index (χ4n) is 4.08. The van der Waals surface area contributed by atoms with Gasteiger partial charge in [-0.25, -0.2) is 4.79 Å². The molecule has 4 atom stereocenters. The summed E-state index contributed by atoms with van der Waals surface area (Å²) in [6.07, 6.45) is 2.81. The van der Waals surface area contributed by atoms with E-state index in [0.717, 1.165) is 24.8 Å². The molecule has 158 valence electrons. The molecular formula is C22H30N2O4S. The standard InChI is InChI=1S/C22H30N2O4S/c1-12-6-7-16(10-13(12)2)28-21(25)19-14(3)23-22(29)24-20(19)17-11-15(26-4)8-9-18(17)27-5/h8-9,11-13,16,20H,6-7,10H2,1-5H3,(H2,23,24,29)/t12-,13-,16-,20+/m1/s1. The molecule has 0 bridgehead atoms. The molecule has 0 unspecified atom stereocenters. The van der Waals surface area contributed by atoms with Gasteiger partial charge in [0, 0.05) is 11.3 Å². The third-order valence-corrected chi connectivity index (χ3v) is 6.28. The van der Waals surface area contributed by atoms with Crippen molar-refractivity contribution in [3.05, 3.63) is 35.0 Å². The van der Waals surface area contributed by atoms with Gasteiger partial charge < -0.3 is 24.8 Å². The maximum atomic E-state index is 13.2. The minimum absolute atomic E-state index is 0.0595. The number of hydrogen-bond donors (Lipinski definition) is 2. The number of esters is 1. The molecule has 1 aromatic carbocycles. The van der Waals surface area contributed by atoms with Crippen LogP contribution in [0.25, 0.3) is 0 Å². The summed E-state index contributed by atoms with van der Waals surface area (Å²) in [6.45, 7) is 6.33. The second kappa shape index (κ2) is 9.03. The van der Waals surface area contributed by atoms with Crippen LogP contribution in [-0.4, -0.2) is 31.4 Å². The summed E-state index contributed by atoms with van der Waals surface area (Å²) in [5, 5.41) is 6.71. The van der Waals surface area contributed by atoms with Crippen LogP contribution < -0.4 is 20.1 Å². The van der Waals surface area contributed by atoms with Gasteiger partial charge in [0.15, 0.2) is 5.11 Å². The van der Waals surface area contributed by atoms with Crippen molar-refractivity contribution in [3.8, 4) is 11.5 Å². The van der Waals surface area contributed by atoms with Gasteiger partial charge in [0.05, 0.1) is 25.8 Å². The molecule has 6 nitrogen and oxygen atoms in total. The van der Waals surface area contributed by atoms with E-state index >= 15 is 0 Å². The van der Waals surface area contributed by atoms with Crippen molar-refractivity contribution < 1.29 is 19.0 Å². The fraction of sp³-hybridized carbons (Fsp3) is 0.545. The van der Waals surface area contributed by atoms with Gasteiger partial charge in [0.25, 0.3) is 0 Å². The second-order valence-electron chi connectivity index (χ2n) is 7.97. The third-order valence-electron chi connectivity index (χ3n) is 6.06. The smallest absolute Gasteiger partial charge is 0.338 e. The highest BCUT2D eigenvalue weighted by Crippen LogP contribution is 2.37. The minimum atomic E-state index is -0.485. The van der Waals surface area contributed by atoms with Crippen LogP contribution in [0.3, 0.4) is 0 Å². The monoisotopic (exact) mass is 418 g/mol. The number of rotatable bonds is 5.